The maximum Gasteiger partial charge on any atom is 0.346 e. The molecule has 0 radical (unpaired) electrons. The van der Waals surface area contributed by atoms with Crippen molar-refractivity contribution in [1.29, 1.82) is 0 Å². The van der Waals surface area contributed by atoms with E-state index in [0.29, 0.717) is 24.8 Å². The molecule has 1 aliphatic carbocycles. The molecule has 1 aliphatic rings. The van der Waals surface area contributed by atoms with Crippen LogP contribution in [0.1, 0.15) is 86.2 Å². The number of hydrogen-bond donors (Lipinski definition) is 0. The summed E-state index contributed by atoms with van der Waals surface area (Å²) in [4.78, 5) is 12.6. The van der Waals surface area contributed by atoms with Gasteiger partial charge in [0.05, 0.1) is 18.8 Å². The van der Waals surface area contributed by atoms with Crippen molar-refractivity contribution in [3.63, 3.8) is 0 Å². The highest BCUT2D eigenvalue weighted by molar-refractivity contribution is 5.92. The summed E-state index contributed by atoms with van der Waals surface area (Å²) in [5.41, 5.74) is -0.314. The molecule has 0 spiro atoms. The number of esters is 1. The van der Waals surface area contributed by atoms with Gasteiger partial charge in [0.2, 0.25) is 17.5 Å². The van der Waals surface area contributed by atoms with Crippen LogP contribution in [0.3, 0.4) is 0 Å². The molecule has 0 heterocycles. The van der Waals surface area contributed by atoms with Gasteiger partial charge in [-0.05, 0) is 73.4 Å². The predicted octanol–water partition coefficient (Wildman–Crippen LogP) is 9.45. The number of ether oxygens (including phenoxy) is 3. The van der Waals surface area contributed by atoms with Crippen molar-refractivity contribution in [2.45, 2.75) is 64.7 Å². The van der Waals surface area contributed by atoms with Crippen LogP contribution in [0.15, 0.2) is 42.5 Å². The number of benzene rings is 3. The maximum atomic E-state index is 15.1. The summed E-state index contributed by atoms with van der Waals surface area (Å²) in [6.45, 7) is 4.29. The molecule has 0 aromatic heterocycles. The van der Waals surface area contributed by atoms with Crippen LogP contribution in [0.4, 0.5) is 26.3 Å². The van der Waals surface area contributed by atoms with Gasteiger partial charge < -0.3 is 14.2 Å². The summed E-state index contributed by atoms with van der Waals surface area (Å²) in [5.74, 6) is -10.9. The first-order valence-corrected chi connectivity index (χ1v) is 14.3. The van der Waals surface area contributed by atoms with Crippen LogP contribution in [-0.4, -0.2) is 19.2 Å². The standard InChI is InChI=1S/C33H32F6O4/c1-3-5-17-41-24-14-13-22(28(35)30(24)37)20-9-7-19(8-10-20)21-11-12-23(29(36)27(21)34)33(40)43-26-16-15-25(31(38)32(26)39)42-18-6-4-2/h7,11-16,20H,3-6,8-10,17-18H2,1-2H3. The van der Waals surface area contributed by atoms with Gasteiger partial charge in [0.15, 0.2) is 34.7 Å². The molecule has 230 valence electrons. The van der Waals surface area contributed by atoms with Gasteiger partial charge in [0, 0.05) is 5.56 Å². The molecule has 0 saturated heterocycles. The van der Waals surface area contributed by atoms with Crippen LogP contribution in [0.25, 0.3) is 5.57 Å². The molecular weight excluding hydrogens is 574 g/mol. The Hall–Kier alpha value is -3.95. The van der Waals surface area contributed by atoms with Crippen LogP contribution in [0.5, 0.6) is 17.2 Å². The van der Waals surface area contributed by atoms with E-state index in [1.165, 1.54) is 18.2 Å². The SMILES string of the molecule is CCCCOc1ccc(OC(=O)c2ccc(C3=CCC(c4ccc(OCCCC)c(F)c4F)CC3)c(F)c2F)c(F)c1F. The number of allylic oxidation sites excluding steroid dienone is 2. The Balaban J connectivity index is 1.46. The highest BCUT2D eigenvalue weighted by atomic mass is 19.2. The zero-order chi connectivity index (χ0) is 31.1. The second-order valence-corrected chi connectivity index (χ2v) is 10.3. The van der Waals surface area contributed by atoms with Crippen LogP contribution in [-0.2, 0) is 0 Å². The predicted molar refractivity (Wildman–Crippen MR) is 149 cm³/mol. The van der Waals surface area contributed by atoms with E-state index in [0.717, 1.165) is 31.0 Å². The molecule has 1 atom stereocenters. The maximum absolute atomic E-state index is 15.1. The smallest absolute Gasteiger partial charge is 0.346 e. The number of hydrogen-bond acceptors (Lipinski definition) is 4. The van der Waals surface area contributed by atoms with Gasteiger partial charge in [0.1, 0.15) is 0 Å². The molecule has 0 N–H and O–H groups in total. The van der Waals surface area contributed by atoms with Crippen molar-refractivity contribution in [1.82, 2.24) is 0 Å². The lowest BCUT2D eigenvalue weighted by Gasteiger charge is -2.24. The van der Waals surface area contributed by atoms with Crippen molar-refractivity contribution in [3.05, 3.63) is 94.1 Å². The first kappa shape index (κ1) is 32.0. The van der Waals surface area contributed by atoms with Gasteiger partial charge in [0.25, 0.3) is 0 Å². The summed E-state index contributed by atoms with van der Waals surface area (Å²) < 4.78 is 104. The molecule has 4 nitrogen and oxygen atoms in total. The first-order chi connectivity index (χ1) is 20.7. The van der Waals surface area contributed by atoms with Crippen molar-refractivity contribution in [3.8, 4) is 17.2 Å². The van der Waals surface area contributed by atoms with E-state index in [4.69, 9.17) is 14.2 Å². The van der Waals surface area contributed by atoms with E-state index < -0.39 is 52.2 Å². The monoisotopic (exact) mass is 606 g/mol. The summed E-state index contributed by atoms with van der Waals surface area (Å²) in [7, 11) is 0. The third kappa shape index (κ3) is 7.17. The Kier molecular flexibility index (Phi) is 10.8. The number of rotatable bonds is 12. The quantitative estimate of drug-likeness (QED) is 0.0892. The van der Waals surface area contributed by atoms with Gasteiger partial charge in [-0.25, -0.2) is 18.0 Å². The van der Waals surface area contributed by atoms with E-state index in [1.54, 1.807) is 6.08 Å². The third-order valence-electron chi connectivity index (χ3n) is 7.30. The Morgan fingerprint density at radius 1 is 0.721 bits per heavy atom. The second-order valence-electron chi connectivity index (χ2n) is 10.3. The largest absolute Gasteiger partial charge is 0.490 e. The zero-order valence-corrected chi connectivity index (χ0v) is 23.9. The Bertz CT molecular complexity index is 1500. The lowest BCUT2D eigenvalue weighted by Crippen LogP contribution is -2.14. The summed E-state index contributed by atoms with van der Waals surface area (Å²) in [5, 5.41) is 0. The highest BCUT2D eigenvalue weighted by Gasteiger charge is 2.27. The molecule has 43 heavy (non-hydrogen) atoms. The fourth-order valence-corrected chi connectivity index (χ4v) is 4.80. The Morgan fingerprint density at radius 3 is 1.91 bits per heavy atom. The lowest BCUT2D eigenvalue weighted by molar-refractivity contribution is 0.0720. The summed E-state index contributed by atoms with van der Waals surface area (Å²) in [6.07, 6.45) is 5.40. The molecule has 0 bridgehead atoms. The molecule has 0 saturated carbocycles. The van der Waals surface area contributed by atoms with E-state index in [2.05, 4.69) is 0 Å². The van der Waals surface area contributed by atoms with Gasteiger partial charge in [-0.3, -0.25) is 0 Å². The van der Waals surface area contributed by atoms with Gasteiger partial charge >= 0.3 is 5.97 Å². The Labute approximate surface area is 246 Å². The lowest BCUT2D eigenvalue weighted by atomic mass is 9.82. The first-order valence-electron chi connectivity index (χ1n) is 14.3. The van der Waals surface area contributed by atoms with E-state index in [9.17, 15) is 26.7 Å². The van der Waals surface area contributed by atoms with E-state index >= 15 is 4.39 Å². The van der Waals surface area contributed by atoms with Crippen LogP contribution in [0.2, 0.25) is 0 Å². The number of unbranched alkanes of at least 4 members (excludes halogenated alkanes) is 2. The van der Waals surface area contributed by atoms with Crippen molar-refractivity contribution < 1.29 is 45.3 Å². The minimum Gasteiger partial charge on any atom is -0.490 e. The second kappa shape index (κ2) is 14.5. The van der Waals surface area contributed by atoms with Gasteiger partial charge in [-0.15, -0.1) is 0 Å². The van der Waals surface area contributed by atoms with Crippen LogP contribution < -0.4 is 14.2 Å². The van der Waals surface area contributed by atoms with E-state index in [1.807, 2.05) is 13.8 Å². The number of carbonyl (C=O) groups excluding carboxylic acids is 1. The van der Waals surface area contributed by atoms with Crippen molar-refractivity contribution >= 4 is 11.5 Å². The third-order valence-corrected chi connectivity index (χ3v) is 7.30. The fourth-order valence-electron chi connectivity index (χ4n) is 4.80. The Morgan fingerprint density at radius 2 is 1.30 bits per heavy atom. The summed E-state index contributed by atoms with van der Waals surface area (Å²) >= 11 is 0. The molecule has 4 rings (SSSR count). The average Bonchev–Trinajstić information content (AvgIpc) is 3.00. The minimum atomic E-state index is -1.52. The van der Waals surface area contributed by atoms with Crippen molar-refractivity contribution in [2.75, 3.05) is 13.2 Å². The number of carbonyl (C=O) groups is 1. The van der Waals surface area contributed by atoms with Crippen LogP contribution in [0, 0.1) is 34.9 Å². The topological polar surface area (TPSA) is 44.8 Å². The van der Waals surface area contributed by atoms with Crippen molar-refractivity contribution in [2.24, 2.45) is 0 Å². The molecule has 1 unspecified atom stereocenters. The highest BCUT2D eigenvalue weighted by Crippen LogP contribution is 2.40. The molecule has 0 aliphatic heterocycles. The molecule has 3 aromatic carbocycles. The molecule has 10 heteroatoms. The normalized spacial score (nSPS) is 14.8. The molecule has 3 aromatic rings. The van der Waals surface area contributed by atoms with Gasteiger partial charge in [-0.1, -0.05) is 44.9 Å². The molecule has 0 amide bonds. The van der Waals surface area contributed by atoms with Gasteiger partial charge in [-0.2, -0.15) is 13.2 Å². The average molecular weight is 607 g/mol. The zero-order valence-electron chi connectivity index (χ0n) is 23.9. The van der Waals surface area contributed by atoms with Crippen LogP contribution >= 0.6 is 0 Å². The molecule has 0 fully saturated rings. The fraction of sp³-hybridized carbons (Fsp3) is 0.364. The summed E-state index contributed by atoms with van der Waals surface area (Å²) in [6, 6.07) is 7.09. The molecular formula is C33H32F6O4. The minimum absolute atomic E-state index is 0.107. The van der Waals surface area contributed by atoms with E-state index in [-0.39, 0.29) is 54.6 Å². The number of halogens is 6.